The second-order valence-electron chi connectivity index (χ2n) is 6.30. The summed E-state index contributed by atoms with van der Waals surface area (Å²) in [6.45, 7) is 0. The van der Waals surface area contributed by atoms with E-state index in [-0.39, 0.29) is 0 Å². The Morgan fingerprint density at radius 2 is 1.35 bits per heavy atom. The van der Waals surface area contributed by atoms with Gasteiger partial charge in [-0.25, -0.2) is 9.98 Å². The summed E-state index contributed by atoms with van der Waals surface area (Å²) in [5.74, 6) is -0.956. The van der Waals surface area contributed by atoms with Gasteiger partial charge in [0.15, 0.2) is 0 Å². The number of rotatable bonds is 2. The molecule has 2 heterocycles. The summed E-state index contributed by atoms with van der Waals surface area (Å²) in [7, 11) is 0. The van der Waals surface area contributed by atoms with Crippen LogP contribution >= 0.6 is 0 Å². The largest absolute Gasteiger partial charge is 0.366 e. The van der Waals surface area contributed by atoms with Gasteiger partial charge in [-0.1, -0.05) is 0 Å². The monoisotopic (exact) mass is 340 g/mol. The van der Waals surface area contributed by atoms with Crippen LogP contribution in [0.15, 0.2) is 58.5 Å². The van der Waals surface area contributed by atoms with Crippen molar-refractivity contribution in [1.29, 1.82) is 0 Å². The molecule has 2 aliphatic heterocycles. The lowest BCUT2D eigenvalue weighted by molar-refractivity contribution is 0.0992. The summed E-state index contributed by atoms with van der Waals surface area (Å²) < 4.78 is 0. The SMILES string of the molecule is NC(=O)c1ccc2c(c1)-c1cc3c(cc1=N2)N=c1ccc(C(N)=O)cc1=3. The van der Waals surface area contributed by atoms with E-state index >= 15 is 0 Å². The number of carbonyl (C=O) groups excluding carboxylic acids is 2. The lowest BCUT2D eigenvalue weighted by Crippen LogP contribution is -2.13. The van der Waals surface area contributed by atoms with Crippen molar-refractivity contribution in [3.63, 3.8) is 0 Å². The summed E-state index contributed by atoms with van der Waals surface area (Å²) in [6, 6.07) is 14.3. The van der Waals surface area contributed by atoms with Gasteiger partial charge < -0.3 is 11.5 Å². The van der Waals surface area contributed by atoms with Crippen LogP contribution in [0.5, 0.6) is 0 Å². The summed E-state index contributed by atoms with van der Waals surface area (Å²) in [4.78, 5) is 32.2. The minimum absolute atomic E-state index is 0.438. The van der Waals surface area contributed by atoms with E-state index in [0.717, 1.165) is 43.7 Å². The summed E-state index contributed by atoms with van der Waals surface area (Å²) >= 11 is 0. The Labute approximate surface area is 146 Å². The molecule has 3 aromatic rings. The lowest BCUT2D eigenvalue weighted by Gasteiger charge is -2.02. The molecule has 0 unspecified atom stereocenters. The highest BCUT2D eigenvalue weighted by Crippen LogP contribution is 2.35. The first-order valence-electron chi connectivity index (χ1n) is 8.01. The number of nitrogens with two attached hydrogens (primary N) is 2. The maximum atomic E-state index is 11.5. The maximum Gasteiger partial charge on any atom is 0.248 e. The number of fused-ring (bicyclic) bond motifs is 5. The molecule has 0 atom stereocenters. The molecule has 0 spiro atoms. The third-order valence-corrected chi connectivity index (χ3v) is 4.74. The molecule has 2 aliphatic rings. The van der Waals surface area contributed by atoms with Crippen LogP contribution in [0.2, 0.25) is 0 Å². The van der Waals surface area contributed by atoms with Crippen molar-refractivity contribution < 1.29 is 9.59 Å². The predicted octanol–water partition coefficient (Wildman–Crippen LogP) is 1.37. The zero-order chi connectivity index (χ0) is 18.0. The first-order chi connectivity index (χ1) is 12.5. The minimum atomic E-state index is -0.478. The summed E-state index contributed by atoms with van der Waals surface area (Å²) in [5, 5.41) is 3.36. The molecule has 26 heavy (non-hydrogen) atoms. The molecule has 3 aromatic carbocycles. The Hall–Kier alpha value is -3.80. The zero-order valence-electron chi connectivity index (χ0n) is 13.5. The number of hydrogen-bond donors (Lipinski definition) is 2. The predicted molar refractivity (Wildman–Crippen MR) is 94.7 cm³/mol. The minimum Gasteiger partial charge on any atom is -0.366 e. The highest BCUT2D eigenvalue weighted by molar-refractivity contribution is 5.96. The van der Waals surface area contributed by atoms with E-state index in [1.165, 1.54) is 0 Å². The first-order valence-corrected chi connectivity index (χ1v) is 8.01. The van der Waals surface area contributed by atoms with E-state index < -0.39 is 11.8 Å². The fraction of sp³-hybridized carbons (Fsp3) is 0. The maximum absolute atomic E-state index is 11.5. The van der Waals surface area contributed by atoms with Gasteiger partial charge in [0.1, 0.15) is 0 Å². The van der Waals surface area contributed by atoms with E-state index in [1.807, 2.05) is 12.1 Å². The number of benzene rings is 3. The van der Waals surface area contributed by atoms with Crippen LogP contribution in [0.3, 0.4) is 0 Å². The van der Waals surface area contributed by atoms with E-state index in [4.69, 9.17) is 11.5 Å². The Kier molecular flexibility index (Phi) is 2.72. The molecule has 4 N–H and O–H groups in total. The molecule has 6 nitrogen and oxygen atoms in total. The standard InChI is InChI=1S/C20H12N4O2/c21-19(25)9-1-3-15-11(5-9)13-7-14-12-6-10(20(22)26)2-4-16(12)24-18(14)8-17(13)23-15/h1-8H,(H2,21,25)(H2,22,26). The van der Waals surface area contributed by atoms with E-state index in [1.54, 1.807) is 36.4 Å². The quantitative estimate of drug-likeness (QED) is 0.506. The van der Waals surface area contributed by atoms with Gasteiger partial charge in [-0.3, -0.25) is 9.59 Å². The average Bonchev–Trinajstić information content (AvgIpc) is 3.15. The lowest BCUT2D eigenvalue weighted by atomic mass is 10.0. The second kappa shape index (κ2) is 4.86. The van der Waals surface area contributed by atoms with Crippen molar-refractivity contribution in [3.8, 4) is 11.1 Å². The van der Waals surface area contributed by atoms with Gasteiger partial charge in [0.25, 0.3) is 0 Å². The molecule has 0 saturated carbocycles. The van der Waals surface area contributed by atoms with Crippen LogP contribution in [-0.2, 0) is 0 Å². The Morgan fingerprint density at radius 3 is 2.12 bits per heavy atom. The average molecular weight is 340 g/mol. The highest BCUT2D eigenvalue weighted by Gasteiger charge is 2.18. The van der Waals surface area contributed by atoms with Crippen molar-refractivity contribution in [2.24, 2.45) is 21.5 Å². The van der Waals surface area contributed by atoms with Crippen LogP contribution in [-0.4, -0.2) is 11.8 Å². The van der Waals surface area contributed by atoms with E-state index in [0.29, 0.717) is 11.1 Å². The van der Waals surface area contributed by atoms with Gasteiger partial charge in [0.2, 0.25) is 11.8 Å². The van der Waals surface area contributed by atoms with Gasteiger partial charge in [0, 0.05) is 32.7 Å². The molecule has 0 aromatic heterocycles. The topological polar surface area (TPSA) is 111 Å². The summed E-state index contributed by atoms with van der Waals surface area (Å²) in [6.07, 6.45) is 0. The number of carbonyl (C=O) groups is 2. The van der Waals surface area contributed by atoms with E-state index in [9.17, 15) is 9.59 Å². The third kappa shape index (κ3) is 1.92. The highest BCUT2D eigenvalue weighted by atomic mass is 16.1. The fourth-order valence-electron chi connectivity index (χ4n) is 3.46. The number of primary amides is 2. The Bertz CT molecular complexity index is 1390. The van der Waals surface area contributed by atoms with Crippen LogP contribution in [0.4, 0.5) is 11.4 Å². The molecule has 0 fully saturated rings. The smallest absolute Gasteiger partial charge is 0.248 e. The van der Waals surface area contributed by atoms with Crippen LogP contribution in [0.25, 0.3) is 11.1 Å². The molecular weight excluding hydrogens is 328 g/mol. The van der Waals surface area contributed by atoms with Gasteiger partial charge in [0.05, 0.1) is 22.1 Å². The van der Waals surface area contributed by atoms with Crippen molar-refractivity contribution >= 4 is 23.2 Å². The Balaban J connectivity index is 1.84. The molecule has 0 saturated heterocycles. The molecule has 0 aliphatic carbocycles. The molecule has 124 valence electrons. The van der Waals surface area contributed by atoms with Crippen LogP contribution < -0.4 is 22.2 Å². The van der Waals surface area contributed by atoms with Gasteiger partial charge >= 0.3 is 0 Å². The zero-order valence-corrected chi connectivity index (χ0v) is 13.5. The molecule has 6 heteroatoms. The van der Waals surface area contributed by atoms with Gasteiger partial charge in [-0.2, -0.15) is 0 Å². The second-order valence-corrected chi connectivity index (χ2v) is 6.30. The van der Waals surface area contributed by atoms with Crippen molar-refractivity contribution in [3.05, 3.63) is 80.8 Å². The summed E-state index contributed by atoms with van der Waals surface area (Å²) in [5.41, 5.74) is 15.0. The fourth-order valence-corrected chi connectivity index (χ4v) is 3.46. The molecule has 5 rings (SSSR count). The van der Waals surface area contributed by atoms with Gasteiger partial charge in [-0.15, -0.1) is 0 Å². The number of hydrogen-bond acceptors (Lipinski definition) is 4. The van der Waals surface area contributed by atoms with Crippen LogP contribution in [0.1, 0.15) is 20.7 Å². The van der Waals surface area contributed by atoms with E-state index in [2.05, 4.69) is 9.98 Å². The van der Waals surface area contributed by atoms with Crippen molar-refractivity contribution in [2.75, 3.05) is 0 Å². The van der Waals surface area contributed by atoms with Crippen molar-refractivity contribution in [1.82, 2.24) is 0 Å². The van der Waals surface area contributed by atoms with Gasteiger partial charge in [-0.05, 0) is 48.5 Å². The third-order valence-electron chi connectivity index (χ3n) is 4.74. The normalized spacial score (nSPS) is 12.3. The first kappa shape index (κ1) is 14.5. The molecular formula is C20H12N4O2. The van der Waals surface area contributed by atoms with Crippen molar-refractivity contribution in [2.45, 2.75) is 0 Å². The number of amides is 2. The number of nitrogens with zero attached hydrogens (tertiary/aromatic N) is 2. The van der Waals surface area contributed by atoms with Crippen LogP contribution in [0, 0.1) is 10.4 Å². The Morgan fingerprint density at radius 1 is 0.654 bits per heavy atom. The molecule has 0 radical (unpaired) electrons. The molecule has 2 amide bonds. The molecule has 0 bridgehead atoms.